The number of rotatable bonds is 6. The van der Waals surface area contributed by atoms with E-state index in [4.69, 9.17) is 23.2 Å². The Kier molecular flexibility index (Phi) is 6.86. The molecule has 27 heavy (non-hydrogen) atoms. The molecule has 0 saturated carbocycles. The van der Waals surface area contributed by atoms with Crippen LogP contribution in [0.2, 0.25) is 10.0 Å². The van der Waals surface area contributed by atoms with Gasteiger partial charge in [-0.2, -0.15) is 5.10 Å². The Hall–Kier alpha value is -2.09. The molecule has 144 valence electrons. The van der Waals surface area contributed by atoms with Crippen molar-refractivity contribution in [3.63, 3.8) is 0 Å². The zero-order valence-electron chi connectivity index (χ0n) is 15.0. The van der Waals surface area contributed by atoms with E-state index < -0.39 is 22.5 Å². The van der Waals surface area contributed by atoms with Crippen LogP contribution in [0.15, 0.2) is 41.5 Å². The van der Waals surface area contributed by atoms with Gasteiger partial charge < -0.3 is 0 Å². The second kappa shape index (κ2) is 8.73. The van der Waals surface area contributed by atoms with E-state index in [1.807, 2.05) is 13.0 Å². The summed E-state index contributed by atoms with van der Waals surface area (Å²) in [7, 11) is -3.66. The highest BCUT2D eigenvalue weighted by atomic mass is 35.5. The molecule has 0 aliphatic carbocycles. The molecule has 2 aromatic carbocycles. The third-order valence-electron chi connectivity index (χ3n) is 3.70. The van der Waals surface area contributed by atoms with Gasteiger partial charge in [0, 0.05) is 5.56 Å². The number of benzene rings is 2. The van der Waals surface area contributed by atoms with E-state index in [2.05, 4.69) is 10.5 Å². The van der Waals surface area contributed by atoms with Gasteiger partial charge in [-0.1, -0.05) is 41.4 Å². The number of hydrazone groups is 1. The summed E-state index contributed by atoms with van der Waals surface area (Å²) in [6, 6.07) is 10.4. The van der Waals surface area contributed by atoms with E-state index in [1.165, 1.54) is 6.21 Å². The lowest BCUT2D eigenvalue weighted by molar-refractivity contribution is -0.119. The van der Waals surface area contributed by atoms with Crippen LogP contribution < -0.4 is 9.73 Å². The molecule has 0 radical (unpaired) electrons. The summed E-state index contributed by atoms with van der Waals surface area (Å²) in [5.41, 5.74) is 4.83. The van der Waals surface area contributed by atoms with Crippen LogP contribution >= 0.6 is 23.2 Å². The first-order valence-corrected chi connectivity index (χ1v) is 10.5. The molecule has 6 nitrogen and oxygen atoms in total. The summed E-state index contributed by atoms with van der Waals surface area (Å²) in [5, 5.41) is 4.58. The average molecular weight is 428 g/mol. The lowest BCUT2D eigenvalue weighted by Crippen LogP contribution is -2.39. The lowest BCUT2D eigenvalue weighted by atomic mass is 10.1. The summed E-state index contributed by atoms with van der Waals surface area (Å²) >= 11 is 12.1. The van der Waals surface area contributed by atoms with Crippen LogP contribution in [0, 0.1) is 13.8 Å². The number of nitrogens with one attached hydrogen (secondary N) is 1. The standard InChI is InChI=1S/C18H19Cl2N3O3S/c1-12-7-8-13(2)17(9-12)23(27(3,25)26)11-18(24)22-21-10-14-15(19)5-4-6-16(14)20/h4-10H,11H2,1-3H3,(H,22,24)/b21-10-. The Labute approximate surface area is 168 Å². The van der Waals surface area contributed by atoms with E-state index in [-0.39, 0.29) is 0 Å². The van der Waals surface area contributed by atoms with Crippen molar-refractivity contribution < 1.29 is 13.2 Å². The Morgan fingerprint density at radius 2 is 1.81 bits per heavy atom. The van der Waals surface area contributed by atoms with Crippen LogP contribution in [-0.4, -0.2) is 33.3 Å². The van der Waals surface area contributed by atoms with Crippen molar-refractivity contribution in [3.05, 3.63) is 63.1 Å². The fraction of sp³-hybridized carbons (Fsp3) is 0.222. The van der Waals surface area contributed by atoms with E-state index in [0.29, 0.717) is 21.3 Å². The van der Waals surface area contributed by atoms with Crippen molar-refractivity contribution in [2.45, 2.75) is 13.8 Å². The van der Waals surface area contributed by atoms with Gasteiger partial charge in [-0.05, 0) is 43.2 Å². The molecule has 0 atom stereocenters. The van der Waals surface area contributed by atoms with E-state index in [9.17, 15) is 13.2 Å². The van der Waals surface area contributed by atoms with Crippen molar-refractivity contribution in [1.82, 2.24) is 5.43 Å². The molecule has 0 fully saturated rings. The van der Waals surface area contributed by atoms with E-state index in [1.54, 1.807) is 37.3 Å². The molecule has 2 aromatic rings. The van der Waals surface area contributed by atoms with Crippen molar-refractivity contribution in [3.8, 4) is 0 Å². The maximum absolute atomic E-state index is 12.2. The van der Waals surface area contributed by atoms with Gasteiger partial charge in [-0.3, -0.25) is 9.10 Å². The Balaban J connectivity index is 2.18. The third-order valence-corrected chi connectivity index (χ3v) is 5.49. The second-order valence-corrected chi connectivity index (χ2v) is 8.71. The number of amides is 1. The minimum atomic E-state index is -3.66. The van der Waals surface area contributed by atoms with Gasteiger partial charge in [0.1, 0.15) is 6.54 Å². The first-order valence-electron chi connectivity index (χ1n) is 7.90. The van der Waals surface area contributed by atoms with Crippen molar-refractivity contribution in [1.29, 1.82) is 0 Å². The molecule has 9 heteroatoms. The summed E-state index contributed by atoms with van der Waals surface area (Å²) in [6.07, 6.45) is 2.36. The van der Waals surface area contributed by atoms with Gasteiger partial charge in [0.15, 0.2) is 0 Å². The van der Waals surface area contributed by atoms with Gasteiger partial charge >= 0.3 is 0 Å². The second-order valence-electron chi connectivity index (χ2n) is 5.99. The highest BCUT2D eigenvalue weighted by Gasteiger charge is 2.22. The number of nitrogens with zero attached hydrogens (tertiary/aromatic N) is 2. The maximum atomic E-state index is 12.2. The van der Waals surface area contributed by atoms with Crippen LogP contribution in [-0.2, 0) is 14.8 Å². The Morgan fingerprint density at radius 3 is 2.41 bits per heavy atom. The molecule has 0 unspecified atom stereocenters. The van der Waals surface area contributed by atoms with E-state index in [0.717, 1.165) is 21.7 Å². The normalized spacial score (nSPS) is 11.6. The number of hydrogen-bond donors (Lipinski definition) is 1. The zero-order chi connectivity index (χ0) is 20.2. The first kappa shape index (κ1) is 21.2. The van der Waals surface area contributed by atoms with Crippen molar-refractivity contribution in [2.24, 2.45) is 5.10 Å². The quantitative estimate of drug-likeness (QED) is 0.565. The monoisotopic (exact) mass is 427 g/mol. The predicted octanol–water partition coefficient (Wildman–Crippen LogP) is 3.53. The topological polar surface area (TPSA) is 78.8 Å². The summed E-state index contributed by atoms with van der Waals surface area (Å²) < 4.78 is 25.4. The molecule has 2 rings (SSSR count). The SMILES string of the molecule is Cc1ccc(C)c(N(CC(=O)N/N=C\c2c(Cl)cccc2Cl)S(C)(=O)=O)c1. The van der Waals surface area contributed by atoms with Gasteiger partial charge in [-0.15, -0.1) is 0 Å². The average Bonchev–Trinajstić information content (AvgIpc) is 2.57. The molecule has 0 heterocycles. The summed E-state index contributed by atoms with van der Waals surface area (Å²) in [6.45, 7) is 3.22. The Bertz CT molecular complexity index is 971. The van der Waals surface area contributed by atoms with Crippen molar-refractivity contribution >= 4 is 51.0 Å². The molecule has 0 aromatic heterocycles. The molecule has 0 aliphatic heterocycles. The summed E-state index contributed by atoms with van der Waals surface area (Å²) in [5.74, 6) is -0.597. The van der Waals surface area contributed by atoms with Crippen molar-refractivity contribution in [2.75, 3.05) is 17.1 Å². The highest BCUT2D eigenvalue weighted by molar-refractivity contribution is 7.92. The molecular formula is C18H19Cl2N3O3S. The molecular weight excluding hydrogens is 409 g/mol. The van der Waals surface area contributed by atoms with Crippen LogP contribution in [0.3, 0.4) is 0 Å². The van der Waals surface area contributed by atoms with Gasteiger partial charge in [-0.25, -0.2) is 13.8 Å². The number of carbonyl (C=O) groups is 1. The molecule has 0 bridgehead atoms. The number of anilines is 1. The zero-order valence-corrected chi connectivity index (χ0v) is 17.4. The van der Waals surface area contributed by atoms with Gasteiger partial charge in [0.05, 0.1) is 28.2 Å². The van der Waals surface area contributed by atoms with E-state index >= 15 is 0 Å². The number of sulfonamides is 1. The maximum Gasteiger partial charge on any atom is 0.260 e. The predicted molar refractivity (Wildman–Crippen MR) is 110 cm³/mol. The van der Waals surface area contributed by atoms with Gasteiger partial charge in [0.25, 0.3) is 5.91 Å². The minimum absolute atomic E-state index is 0.383. The Morgan fingerprint density at radius 1 is 1.19 bits per heavy atom. The molecule has 1 amide bonds. The minimum Gasteiger partial charge on any atom is -0.271 e. The molecule has 0 saturated heterocycles. The van der Waals surface area contributed by atoms with Crippen LogP contribution in [0.5, 0.6) is 0 Å². The fourth-order valence-electron chi connectivity index (χ4n) is 2.34. The largest absolute Gasteiger partial charge is 0.271 e. The van der Waals surface area contributed by atoms with Crippen LogP contribution in [0.1, 0.15) is 16.7 Å². The first-order chi connectivity index (χ1) is 12.6. The smallest absolute Gasteiger partial charge is 0.260 e. The van der Waals surface area contributed by atoms with Crippen LogP contribution in [0.25, 0.3) is 0 Å². The number of hydrogen-bond acceptors (Lipinski definition) is 4. The number of carbonyl (C=O) groups excluding carboxylic acids is 1. The lowest BCUT2D eigenvalue weighted by Gasteiger charge is -2.23. The highest BCUT2D eigenvalue weighted by Crippen LogP contribution is 2.24. The molecule has 1 N–H and O–H groups in total. The third kappa shape index (κ3) is 5.69. The number of aryl methyl sites for hydroxylation is 2. The molecule has 0 aliphatic rings. The number of halogens is 2. The van der Waals surface area contributed by atoms with Gasteiger partial charge in [0.2, 0.25) is 10.0 Å². The van der Waals surface area contributed by atoms with Crippen LogP contribution in [0.4, 0.5) is 5.69 Å². The fourth-order valence-corrected chi connectivity index (χ4v) is 3.74. The molecule has 0 spiro atoms. The summed E-state index contributed by atoms with van der Waals surface area (Å²) in [4.78, 5) is 12.2.